The summed E-state index contributed by atoms with van der Waals surface area (Å²) in [5.74, 6) is 1.42. The van der Waals surface area contributed by atoms with E-state index in [1.807, 2.05) is 18.2 Å². The van der Waals surface area contributed by atoms with Gasteiger partial charge in [-0.1, -0.05) is 6.07 Å². The Morgan fingerprint density at radius 1 is 1.27 bits per heavy atom. The van der Waals surface area contributed by atoms with Crippen LogP contribution >= 0.6 is 0 Å². The van der Waals surface area contributed by atoms with Gasteiger partial charge in [-0.2, -0.15) is 5.10 Å². The molecule has 0 aliphatic heterocycles. The molecule has 0 saturated heterocycles. The highest BCUT2D eigenvalue weighted by Crippen LogP contribution is 2.29. The number of hydrogen-bond acceptors (Lipinski definition) is 6. The number of rotatable bonds is 4. The Morgan fingerprint density at radius 2 is 1.95 bits per heavy atom. The lowest BCUT2D eigenvalue weighted by molar-refractivity contribution is 0.382. The zero-order valence-electron chi connectivity index (χ0n) is 12.2. The van der Waals surface area contributed by atoms with E-state index < -0.39 is 0 Å². The van der Waals surface area contributed by atoms with Gasteiger partial charge in [0.15, 0.2) is 5.52 Å². The molecule has 0 aliphatic carbocycles. The van der Waals surface area contributed by atoms with Gasteiger partial charge in [-0.3, -0.25) is 14.5 Å². The van der Waals surface area contributed by atoms with Crippen LogP contribution in [0.5, 0.6) is 11.5 Å². The molecule has 3 aromatic rings. The molecule has 0 unspecified atom stereocenters. The maximum Gasteiger partial charge on any atom is 0.280 e. The molecule has 22 heavy (non-hydrogen) atoms. The highest BCUT2D eigenvalue weighted by Gasteiger charge is 2.13. The van der Waals surface area contributed by atoms with E-state index in [-0.39, 0.29) is 17.0 Å². The van der Waals surface area contributed by atoms with Gasteiger partial charge in [0.2, 0.25) is 5.95 Å². The Labute approximate surface area is 125 Å². The van der Waals surface area contributed by atoms with Crippen LogP contribution in [0.3, 0.4) is 0 Å². The van der Waals surface area contributed by atoms with E-state index in [4.69, 9.17) is 15.2 Å². The molecule has 0 atom stereocenters. The SMILES string of the molecule is COc1cccc(OC)c1Cn1cc2nc(N)[nH]c(=O)c2n1. The summed E-state index contributed by atoms with van der Waals surface area (Å²) in [6.45, 7) is 0.378. The van der Waals surface area contributed by atoms with Crippen molar-refractivity contribution in [2.75, 3.05) is 20.0 Å². The predicted octanol–water partition coefficient (Wildman–Crippen LogP) is 0.767. The fraction of sp³-hybridized carbons (Fsp3) is 0.214. The van der Waals surface area contributed by atoms with E-state index in [9.17, 15) is 4.79 Å². The highest BCUT2D eigenvalue weighted by molar-refractivity contribution is 5.73. The van der Waals surface area contributed by atoms with Crippen molar-refractivity contribution in [2.24, 2.45) is 0 Å². The molecule has 0 amide bonds. The molecule has 2 heterocycles. The Kier molecular flexibility index (Phi) is 3.42. The number of nitrogens with two attached hydrogens (primary N) is 1. The van der Waals surface area contributed by atoms with E-state index in [2.05, 4.69) is 15.1 Å². The Morgan fingerprint density at radius 3 is 2.59 bits per heavy atom. The minimum atomic E-state index is -0.367. The third-order valence-electron chi connectivity index (χ3n) is 3.29. The van der Waals surface area contributed by atoms with Crippen molar-refractivity contribution in [1.82, 2.24) is 19.7 Å². The molecule has 0 spiro atoms. The molecule has 1 aromatic carbocycles. The third kappa shape index (κ3) is 2.34. The smallest absolute Gasteiger partial charge is 0.280 e. The van der Waals surface area contributed by atoms with Gasteiger partial charge in [-0.15, -0.1) is 0 Å². The number of aromatic nitrogens is 4. The van der Waals surface area contributed by atoms with Gasteiger partial charge >= 0.3 is 0 Å². The van der Waals surface area contributed by atoms with Crippen LogP contribution in [0.4, 0.5) is 5.95 Å². The third-order valence-corrected chi connectivity index (χ3v) is 3.29. The topological polar surface area (TPSA) is 108 Å². The first-order valence-electron chi connectivity index (χ1n) is 6.55. The Bertz CT molecular complexity index is 862. The standard InChI is InChI=1S/C14H15N5O3/c1-21-10-4-3-5-11(22-2)8(10)6-19-7-9-12(18-19)13(20)17-14(15)16-9/h3-5,7H,6H2,1-2H3,(H3,15,16,17,20). The fourth-order valence-corrected chi connectivity index (χ4v) is 2.31. The van der Waals surface area contributed by atoms with Gasteiger partial charge in [0.25, 0.3) is 5.56 Å². The monoisotopic (exact) mass is 301 g/mol. The number of methoxy groups -OCH3 is 2. The minimum Gasteiger partial charge on any atom is -0.496 e. The van der Waals surface area contributed by atoms with E-state index in [0.29, 0.717) is 23.6 Å². The summed E-state index contributed by atoms with van der Waals surface area (Å²) >= 11 is 0. The van der Waals surface area contributed by atoms with Crippen molar-refractivity contribution >= 4 is 17.0 Å². The molecule has 0 aliphatic rings. The molecule has 3 rings (SSSR count). The Balaban J connectivity index is 2.07. The molecule has 3 N–H and O–H groups in total. The number of H-pyrrole nitrogens is 1. The molecule has 0 bridgehead atoms. The molecule has 8 nitrogen and oxygen atoms in total. The van der Waals surface area contributed by atoms with Crippen LogP contribution in [0.25, 0.3) is 11.0 Å². The number of ether oxygens (including phenoxy) is 2. The number of fused-ring (bicyclic) bond motifs is 1. The van der Waals surface area contributed by atoms with Crippen molar-refractivity contribution in [2.45, 2.75) is 6.54 Å². The van der Waals surface area contributed by atoms with Gasteiger partial charge < -0.3 is 15.2 Å². The van der Waals surface area contributed by atoms with Crippen LogP contribution in [0.15, 0.2) is 29.2 Å². The quantitative estimate of drug-likeness (QED) is 0.737. The zero-order valence-corrected chi connectivity index (χ0v) is 12.2. The molecule has 0 fully saturated rings. The van der Waals surface area contributed by atoms with Crippen molar-refractivity contribution in [1.29, 1.82) is 0 Å². The first kappa shape index (κ1) is 13.9. The number of hydrogen-bond donors (Lipinski definition) is 2. The summed E-state index contributed by atoms with van der Waals surface area (Å²) in [6.07, 6.45) is 1.66. The number of anilines is 1. The van der Waals surface area contributed by atoms with Crippen molar-refractivity contribution in [3.8, 4) is 11.5 Å². The van der Waals surface area contributed by atoms with Crippen molar-refractivity contribution in [3.63, 3.8) is 0 Å². The minimum absolute atomic E-state index is 0.0620. The lowest BCUT2D eigenvalue weighted by atomic mass is 10.1. The summed E-state index contributed by atoms with van der Waals surface area (Å²) in [6, 6.07) is 5.52. The number of nitrogen functional groups attached to an aromatic ring is 1. The summed E-state index contributed by atoms with van der Waals surface area (Å²) in [4.78, 5) is 18.3. The molecule has 8 heteroatoms. The maximum atomic E-state index is 11.8. The summed E-state index contributed by atoms with van der Waals surface area (Å²) < 4.78 is 12.3. The van der Waals surface area contributed by atoms with E-state index in [1.165, 1.54) is 0 Å². The average Bonchev–Trinajstić information content (AvgIpc) is 2.90. The number of benzene rings is 1. The summed E-state index contributed by atoms with van der Waals surface area (Å²) in [5, 5.41) is 4.24. The molecule has 2 aromatic heterocycles. The Hall–Kier alpha value is -3.03. The summed E-state index contributed by atoms with van der Waals surface area (Å²) in [5.41, 5.74) is 6.67. The second-order valence-electron chi connectivity index (χ2n) is 4.65. The molecular weight excluding hydrogens is 286 g/mol. The van der Waals surface area contributed by atoms with Gasteiger partial charge in [-0.25, -0.2) is 4.98 Å². The predicted molar refractivity (Wildman–Crippen MR) is 81.2 cm³/mol. The maximum absolute atomic E-state index is 11.8. The van der Waals surface area contributed by atoms with Crippen LogP contribution in [0.1, 0.15) is 5.56 Å². The van der Waals surface area contributed by atoms with E-state index >= 15 is 0 Å². The molecular formula is C14H15N5O3. The normalized spacial score (nSPS) is 10.8. The van der Waals surface area contributed by atoms with Crippen LogP contribution in [-0.4, -0.2) is 34.0 Å². The fourth-order valence-electron chi connectivity index (χ4n) is 2.31. The molecule has 0 radical (unpaired) electrons. The van der Waals surface area contributed by atoms with Crippen LogP contribution in [0, 0.1) is 0 Å². The van der Waals surface area contributed by atoms with Crippen molar-refractivity contribution in [3.05, 3.63) is 40.3 Å². The van der Waals surface area contributed by atoms with Crippen LogP contribution < -0.4 is 20.8 Å². The molecule has 114 valence electrons. The van der Waals surface area contributed by atoms with Gasteiger partial charge in [-0.05, 0) is 12.1 Å². The summed E-state index contributed by atoms with van der Waals surface area (Å²) in [7, 11) is 3.18. The number of nitrogens with zero attached hydrogens (tertiary/aromatic N) is 3. The second-order valence-corrected chi connectivity index (χ2v) is 4.65. The van der Waals surface area contributed by atoms with E-state index in [1.54, 1.807) is 25.1 Å². The zero-order chi connectivity index (χ0) is 15.7. The van der Waals surface area contributed by atoms with Crippen LogP contribution in [-0.2, 0) is 6.54 Å². The van der Waals surface area contributed by atoms with Gasteiger partial charge in [0, 0.05) is 0 Å². The van der Waals surface area contributed by atoms with Crippen LogP contribution in [0.2, 0.25) is 0 Å². The first-order valence-corrected chi connectivity index (χ1v) is 6.55. The van der Waals surface area contributed by atoms with Gasteiger partial charge in [0.05, 0.1) is 32.5 Å². The highest BCUT2D eigenvalue weighted by atomic mass is 16.5. The lowest BCUT2D eigenvalue weighted by Crippen LogP contribution is -2.11. The van der Waals surface area contributed by atoms with E-state index in [0.717, 1.165) is 5.56 Å². The molecule has 0 saturated carbocycles. The average molecular weight is 301 g/mol. The number of aromatic amines is 1. The van der Waals surface area contributed by atoms with Crippen molar-refractivity contribution < 1.29 is 9.47 Å². The first-order chi connectivity index (χ1) is 10.6. The second kappa shape index (κ2) is 5.40. The van der Waals surface area contributed by atoms with Gasteiger partial charge in [0.1, 0.15) is 17.0 Å². The largest absolute Gasteiger partial charge is 0.496 e. The number of nitrogens with one attached hydrogen (secondary N) is 1. The lowest BCUT2D eigenvalue weighted by Gasteiger charge is -2.12.